The minimum atomic E-state index is -3.63. The second-order valence-corrected chi connectivity index (χ2v) is 7.80. The Morgan fingerprint density at radius 3 is 2.16 bits per heavy atom. The molecular weight excluding hydrogens is 342 g/mol. The molecule has 0 bridgehead atoms. The molecule has 1 aliphatic rings. The van der Waals surface area contributed by atoms with Crippen molar-refractivity contribution < 1.29 is 18.0 Å². The second kappa shape index (κ2) is 6.81. The number of nitrogens with one attached hydrogen (secondary N) is 1. The molecule has 132 valence electrons. The van der Waals surface area contributed by atoms with Crippen LogP contribution >= 0.6 is 0 Å². The van der Waals surface area contributed by atoms with Gasteiger partial charge in [-0.15, -0.1) is 0 Å². The average Bonchev–Trinajstić information content (AvgIpc) is 3.16. The number of ketones is 1. The number of sulfonamides is 1. The number of nitrogens with zero attached hydrogens (tertiary/aromatic N) is 2. The fourth-order valence-corrected chi connectivity index (χ4v) is 4.20. The van der Waals surface area contributed by atoms with Gasteiger partial charge < -0.3 is 9.88 Å². The Kier molecular flexibility index (Phi) is 4.73. The standard InChI is InChI=1S/C17H19N3O4S/c1-13(21)14-4-6-15(7-5-14)25(23,24)20-11-9-19(10-12-20)17(22)16-3-2-8-18-16/h2-8,18H,9-12H2,1H3. The van der Waals surface area contributed by atoms with E-state index in [2.05, 4.69) is 4.98 Å². The number of Topliss-reactive ketones (excluding diaryl/α,β-unsaturated/α-hetero) is 1. The highest BCUT2D eigenvalue weighted by Crippen LogP contribution is 2.19. The van der Waals surface area contributed by atoms with Gasteiger partial charge in [-0.05, 0) is 31.2 Å². The molecule has 0 spiro atoms. The van der Waals surface area contributed by atoms with Crippen molar-refractivity contribution in [2.75, 3.05) is 26.2 Å². The Bertz CT molecular complexity index is 865. The van der Waals surface area contributed by atoms with Gasteiger partial charge in [0.05, 0.1) is 4.90 Å². The zero-order chi connectivity index (χ0) is 18.0. The molecule has 2 aromatic rings. The zero-order valence-corrected chi connectivity index (χ0v) is 14.6. The van der Waals surface area contributed by atoms with E-state index in [0.717, 1.165) is 0 Å². The van der Waals surface area contributed by atoms with Crippen LogP contribution in [0.4, 0.5) is 0 Å². The molecule has 2 heterocycles. The molecule has 8 heteroatoms. The van der Waals surface area contributed by atoms with Gasteiger partial charge in [-0.2, -0.15) is 4.31 Å². The van der Waals surface area contributed by atoms with E-state index in [1.165, 1.54) is 35.5 Å². The lowest BCUT2D eigenvalue weighted by molar-refractivity contribution is 0.0692. The quantitative estimate of drug-likeness (QED) is 0.833. The molecule has 1 N–H and O–H groups in total. The summed E-state index contributed by atoms with van der Waals surface area (Å²) in [5.41, 5.74) is 0.969. The number of benzene rings is 1. The lowest BCUT2D eigenvalue weighted by Gasteiger charge is -2.33. The topological polar surface area (TPSA) is 90.6 Å². The number of aromatic nitrogens is 1. The number of amides is 1. The first-order valence-corrected chi connectivity index (χ1v) is 9.37. The highest BCUT2D eigenvalue weighted by atomic mass is 32.2. The molecule has 25 heavy (non-hydrogen) atoms. The molecule has 1 aromatic carbocycles. The maximum Gasteiger partial charge on any atom is 0.270 e. The van der Waals surface area contributed by atoms with E-state index >= 15 is 0 Å². The van der Waals surface area contributed by atoms with Crippen LogP contribution in [-0.4, -0.2) is 60.5 Å². The van der Waals surface area contributed by atoms with Crippen LogP contribution in [0.15, 0.2) is 47.5 Å². The van der Waals surface area contributed by atoms with Crippen LogP contribution in [-0.2, 0) is 10.0 Å². The lowest BCUT2D eigenvalue weighted by atomic mass is 10.2. The van der Waals surface area contributed by atoms with Crippen LogP contribution in [0.25, 0.3) is 0 Å². The van der Waals surface area contributed by atoms with E-state index in [-0.39, 0.29) is 29.7 Å². The molecular formula is C17H19N3O4S. The summed E-state index contributed by atoms with van der Waals surface area (Å²) in [4.78, 5) is 28.2. The van der Waals surface area contributed by atoms with Gasteiger partial charge in [0.15, 0.2) is 5.78 Å². The first-order chi connectivity index (χ1) is 11.9. The van der Waals surface area contributed by atoms with Crippen molar-refractivity contribution in [3.05, 3.63) is 53.9 Å². The smallest absolute Gasteiger partial charge is 0.270 e. The second-order valence-electron chi connectivity index (χ2n) is 5.86. The first-order valence-electron chi connectivity index (χ1n) is 7.93. The van der Waals surface area contributed by atoms with Gasteiger partial charge in [0.1, 0.15) is 5.69 Å². The third kappa shape index (κ3) is 3.49. The Morgan fingerprint density at radius 1 is 1.00 bits per heavy atom. The molecule has 0 aliphatic carbocycles. The number of hydrogen-bond acceptors (Lipinski definition) is 4. The third-order valence-corrected chi connectivity index (χ3v) is 6.17. The van der Waals surface area contributed by atoms with Crippen LogP contribution in [0.1, 0.15) is 27.8 Å². The van der Waals surface area contributed by atoms with Crippen LogP contribution in [0.2, 0.25) is 0 Å². The van der Waals surface area contributed by atoms with E-state index in [4.69, 9.17) is 0 Å². The van der Waals surface area contributed by atoms with Crippen molar-refractivity contribution >= 4 is 21.7 Å². The normalized spacial score (nSPS) is 16.0. The molecule has 1 aliphatic heterocycles. The maximum atomic E-state index is 12.7. The molecule has 1 fully saturated rings. The van der Waals surface area contributed by atoms with Crippen LogP contribution in [0, 0.1) is 0 Å². The SMILES string of the molecule is CC(=O)c1ccc(S(=O)(=O)N2CCN(C(=O)c3ccc[nH]3)CC2)cc1. The molecule has 0 radical (unpaired) electrons. The van der Waals surface area contributed by atoms with Crippen molar-refractivity contribution in [2.24, 2.45) is 0 Å². The summed E-state index contributed by atoms with van der Waals surface area (Å²) in [6.45, 7) is 2.58. The van der Waals surface area contributed by atoms with E-state index in [1.807, 2.05) is 0 Å². The number of hydrogen-bond donors (Lipinski definition) is 1. The van der Waals surface area contributed by atoms with Crippen LogP contribution in [0.3, 0.4) is 0 Å². The molecule has 3 rings (SSSR count). The van der Waals surface area contributed by atoms with Gasteiger partial charge in [0.2, 0.25) is 10.0 Å². The number of rotatable bonds is 4. The summed E-state index contributed by atoms with van der Waals surface area (Å²) < 4.78 is 26.8. The minimum Gasteiger partial charge on any atom is -0.357 e. The Labute approximate surface area is 146 Å². The summed E-state index contributed by atoms with van der Waals surface area (Å²) in [7, 11) is -3.63. The zero-order valence-electron chi connectivity index (χ0n) is 13.8. The van der Waals surface area contributed by atoms with Gasteiger partial charge in [0, 0.05) is 37.9 Å². The summed E-state index contributed by atoms with van der Waals surface area (Å²) in [6.07, 6.45) is 1.68. The monoisotopic (exact) mass is 361 g/mol. The third-order valence-electron chi connectivity index (χ3n) is 4.25. The van der Waals surface area contributed by atoms with Crippen molar-refractivity contribution in [1.82, 2.24) is 14.2 Å². The molecule has 1 aromatic heterocycles. The summed E-state index contributed by atoms with van der Waals surface area (Å²) in [5.74, 6) is -0.242. The lowest BCUT2D eigenvalue weighted by Crippen LogP contribution is -2.50. The predicted molar refractivity (Wildman–Crippen MR) is 91.9 cm³/mol. The number of carbonyl (C=O) groups excluding carboxylic acids is 2. The first kappa shape index (κ1) is 17.4. The van der Waals surface area contributed by atoms with Crippen molar-refractivity contribution in [3.63, 3.8) is 0 Å². The van der Waals surface area contributed by atoms with Gasteiger partial charge in [0.25, 0.3) is 5.91 Å². The van der Waals surface area contributed by atoms with E-state index in [9.17, 15) is 18.0 Å². The van der Waals surface area contributed by atoms with Crippen LogP contribution < -0.4 is 0 Å². The van der Waals surface area contributed by atoms with Gasteiger partial charge in [-0.25, -0.2) is 8.42 Å². The highest BCUT2D eigenvalue weighted by Gasteiger charge is 2.30. The fourth-order valence-electron chi connectivity index (χ4n) is 2.78. The van der Waals surface area contributed by atoms with Gasteiger partial charge >= 0.3 is 0 Å². The fraction of sp³-hybridized carbons (Fsp3) is 0.294. The maximum absolute atomic E-state index is 12.7. The Morgan fingerprint density at radius 2 is 1.64 bits per heavy atom. The van der Waals surface area contributed by atoms with E-state index in [0.29, 0.717) is 24.3 Å². The number of H-pyrrole nitrogens is 1. The highest BCUT2D eigenvalue weighted by molar-refractivity contribution is 7.89. The van der Waals surface area contributed by atoms with Crippen molar-refractivity contribution in [1.29, 1.82) is 0 Å². The minimum absolute atomic E-state index is 0.111. The van der Waals surface area contributed by atoms with Crippen molar-refractivity contribution in [3.8, 4) is 0 Å². The largest absolute Gasteiger partial charge is 0.357 e. The molecule has 1 amide bonds. The van der Waals surface area contributed by atoms with Gasteiger partial charge in [-0.3, -0.25) is 9.59 Å². The number of aromatic amines is 1. The Balaban J connectivity index is 1.69. The number of piperazine rings is 1. The molecule has 1 saturated heterocycles. The van der Waals surface area contributed by atoms with E-state index < -0.39 is 10.0 Å². The molecule has 0 saturated carbocycles. The van der Waals surface area contributed by atoms with Crippen molar-refractivity contribution in [2.45, 2.75) is 11.8 Å². The molecule has 7 nitrogen and oxygen atoms in total. The average molecular weight is 361 g/mol. The number of carbonyl (C=O) groups is 2. The summed E-state index contributed by atoms with van der Waals surface area (Å²) >= 11 is 0. The van der Waals surface area contributed by atoms with Crippen LogP contribution in [0.5, 0.6) is 0 Å². The summed E-state index contributed by atoms with van der Waals surface area (Å²) in [6, 6.07) is 9.37. The van der Waals surface area contributed by atoms with E-state index in [1.54, 1.807) is 23.2 Å². The molecule has 0 atom stereocenters. The summed E-state index contributed by atoms with van der Waals surface area (Å²) in [5, 5.41) is 0. The predicted octanol–water partition coefficient (Wildman–Crippen LogP) is 1.36. The van der Waals surface area contributed by atoms with Gasteiger partial charge in [-0.1, -0.05) is 12.1 Å². The molecule has 0 unspecified atom stereocenters. The Hall–Kier alpha value is -2.45.